The van der Waals surface area contributed by atoms with Gasteiger partial charge in [-0.15, -0.1) is 4.68 Å². The van der Waals surface area contributed by atoms with Gasteiger partial charge in [0, 0.05) is 17.3 Å². The maximum Gasteiger partial charge on any atom is 0.242 e. The van der Waals surface area contributed by atoms with Crippen LogP contribution in [0.3, 0.4) is 0 Å². The van der Waals surface area contributed by atoms with Crippen molar-refractivity contribution < 1.29 is 17.1 Å². The lowest BCUT2D eigenvalue weighted by Gasteiger charge is -1.95. The van der Waals surface area contributed by atoms with Crippen LogP contribution in [0, 0.1) is 0 Å². The summed E-state index contributed by atoms with van der Waals surface area (Å²) in [5, 5.41) is 4.78. The predicted octanol–water partition coefficient (Wildman–Crippen LogP) is -0.257. The third-order valence-electron chi connectivity index (χ3n) is 2.97. The van der Waals surface area contributed by atoms with Crippen LogP contribution in [0.4, 0.5) is 5.69 Å². The first-order chi connectivity index (χ1) is 8.74. The number of nitrogens with zero attached hydrogens (tertiary/aromatic N) is 1. The van der Waals surface area contributed by atoms with Crippen LogP contribution in [0.25, 0.3) is 10.9 Å². The van der Waals surface area contributed by atoms with Crippen LogP contribution in [0.2, 0.25) is 5.15 Å². The fraction of sp³-hybridized carbons (Fsp3) is 0.0714. The first-order valence-corrected chi connectivity index (χ1v) is 6.12. The quantitative estimate of drug-likeness (QED) is 0.497. The molecule has 0 aliphatic rings. The van der Waals surface area contributed by atoms with E-state index in [1.807, 2.05) is 41.1 Å². The van der Waals surface area contributed by atoms with Gasteiger partial charge in [-0.05, 0) is 12.1 Å². The molecule has 1 heterocycles. The highest BCUT2D eigenvalue weighted by Gasteiger charge is 2.16. The van der Waals surface area contributed by atoms with E-state index in [0.717, 1.165) is 23.1 Å². The van der Waals surface area contributed by atoms with Crippen molar-refractivity contribution in [2.75, 3.05) is 5.73 Å². The molecule has 0 bridgehead atoms. The van der Waals surface area contributed by atoms with E-state index in [-0.39, 0.29) is 12.4 Å². The van der Waals surface area contributed by atoms with Crippen LogP contribution in [-0.2, 0) is 6.54 Å². The van der Waals surface area contributed by atoms with E-state index in [2.05, 4.69) is 17.2 Å². The molecule has 0 radical (unpaired) electrons. The van der Waals surface area contributed by atoms with Crippen LogP contribution in [0.5, 0.6) is 0 Å². The molecule has 0 spiro atoms. The Labute approximate surface area is 122 Å². The summed E-state index contributed by atoms with van der Waals surface area (Å²) in [4.78, 5) is 0. The van der Waals surface area contributed by atoms with E-state index in [1.54, 1.807) is 0 Å². The summed E-state index contributed by atoms with van der Waals surface area (Å²) in [6, 6.07) is 15.9. The molecule has 0 aliphatic heterocycles. The monoisotopic (exact) mass is 293 g/mol. The lowest BCUT2D eigenvalue weighted by Crippen LogP contribution is -3.00. The highest BCUT2D eigenvalue weighted by Crippen LogP contribution is 2.21. The second-order valence-electron chi connectivity index (χ2n) is 4.27. The van der Waals surface area contributed by atoms with Crippen molar-refractivity contribution in [3.63, 3.8) is 0 Å². The topological polar surface area (TPSA) is 45.7 Å². The number of nitrogen functional groups attached to an aromatic ring is 1. The van der Waals surface area contributed by atoms with Gasteiger partial charge >= 0.3 is 0 Å². The third-order valence-corrected chi connectivity index (χ3v) is 3.25. The second kappa shape index (κ2) is 5.51. The molecule has 0 atom stereocenters. The molecule has 19 heavy (non-hydrogen) atoms. The lowest BCUT2D eigenvalue weighted by molar-refractivity contribution is -0.718. The average molecular weight is 294 g/mol. The lowest BCUT2D eigenvalue weighted by atomic mass is 10.2. The summed E-state index contributed by atoms with van der Waals surface area (Å²) < 4.78 is 2.00. The van der Waals surface area contributed by atoms with E-state index in [4.69, 9.17) is 17.3 Å². The Hall–Kier alpha value is -1.71. The number of aromatic nitrogens is 2. The molecule has 3 nitrogen and oxygen atoms in total. The zero-order valence-corrected chi connectivity index (χ0v) is 11.6. The van der Waals surface area contributed by atoms with E-state index in [1.165, 1.54) is 5.56 Å². The average Bonchev–Trinajstić information content (AvgIpc) is 2.67. The molecular weight excluding hydrogens is 281 g/mol. The van der Waals surface area contributed by atoms with E-state index >= 15 is 0 Å². The fourth-order valence-electron chi connectivity index (χ4n) is 2.09. The minimum absolute atomic E-state index is 0. The van der Waals surface area contributed by atoms with Gasteiger partial charge in [0.05, 0.1) is 5.39 Å². The van der Waals surface area contributed by atoms with Gasteiger partial charge in [-0.2, -0.15) is 5.10 Å². The SMILES string of the molecule is Nc1ccc2c(Cl)[nH][n+](Cc3ccccc3)c2c1.[Cl-]. The number of benzene rings is 2. The van der Waals surface area contributed by atoms with E-state index in [0.29, 0.717) is 5.15 Å². The number of halogens is 2. The van der Waals surface area contributed by atoms with Crippen LogP contribution >= 0.6 is 11.6 Å². The van der Waals surface area contributed by atoms with Crippen molar-refractivity contribution in [3.8, 4) is 0 Å². The molecule has 5 heteroatoms. The maximum atomic E-state index is 6.18. The Bertz CT molecular complexity index is 692. The Kier molecular flexibility index (Phi) is 3.98. The zero-order chi connectivity index (χ0) is 12.5. The largest absolute Gasteiger partial charge is 1.00 e. The fourth-order valence-corrected chi connectivity index (χ4v) is 2.35. The zero-order valence-electron chi connectivity index (χ0n) is 10.1. The van der Waals surface area contributed by atoms with Gasteiger partial charge in [0.1, 0.15) is 0 Å². The predicted molar refractivity (Wildman–Crippen MR) is 73.5 cm³/mol. The summed E-state index contributed by atoms with van der Waals surface area (Å²) in [7, 11) is 0. The van der Waals surface area contributed by atoms with Crippen molar-refractivity contribution >= 4 is 28.2 Å². The smallest absolute Gasteiger partial charge is 0.242 e. The molecular formula is C14H13Cl2N3. The molecule has 3 aromatic rings. The molecule has 0 unspecified atom stereocenters. The number of hydrogen-bond acceptors (Lipinski definition) is 1. The van der Waals surface area contributed by atoms with Crippen molar-refractivity contribution in [1.82, 2.24) is 5.10 Å². The van der Waals surface area contributed by atoms with Gasteiger partial charge < -0.3 is 18.1 Å². The Morgan fingerprint density at radius 1 is 1.11 bits per heavy atom. The normalized spacial score (nSPS) is 10.4. The van der Waals surface area contributed by atoms with Gasteiger partial charge in [-0.3, -0.25) is 0 Å². The number of nitrogens with two attached hydrogens (primary N) is 1. The molecule has 1 aromatic heterocycles. The van der Waals surface area contributed by atoms with Crippen LogP contribution in [0.15, 0.2) is 48.5 Å². The molecule has 0 saturated heterocycles. The molecule has 98 valence electrons. The number of hydrogen-bond donors (Lipinski definition) is 2. The standard InChI is InChI=1S/C14H12ClN3.ClH/c15-14-12-7-6-11(16)8-13(12)18(17-14)9-10-4-2-1-3-5-10;/h1-8H,9H2,(H2,16,17);1H. The molecule has 0 saturated carbocycles. The first-order valence-electron chi connectivity index (χ1n) is 5.74. The Balaban J connectivity index is 0.00000133. The number of rotatable bonds is 2. The molecule has 3 rings (SSSR count). The van der Waals surface area contributed by atoms with Crippen molar-refractivity contribution in [2.45, 2.75) is 6.54 Å². The number of fused-ring (bicyclic) bond motifs is 1. The number of H-pyrrole nitrogens is 1. The van der Waals surface area contributed by atoms with E-state index < -0.39 is 0 Å². The van der Waals surface area contributed by atoms with Crippen LogP contribution < -0.4 is 22.8 Å². The van der Waals surface area contributed by atoms with Crippen molar-refractivity contribution in [1.29, 1.82) is 0 Å². The maximum absolute atomic E-state index is 6.18. The van der Waals surface area contributed by atoms with Crippen molar-refractivity contribution in [2.24, 2.45) is 0 Å². The van der Waals surface area contributed by atoms with Gasteiger partial charge in [-0.1, -0.05) is 41.9 Å². The molecule has 0 aliphatic carbocycles. The Morgan fingerprint density at radius 3 is 2.58 bits per heavy atom. The number of aromatic amines is 1. The van der Waals surface area contributed by atoms with E-state index in [9.17, 15) is 0 Å². The highest BCUT2D eigenvalue weighted by atomic mass is 35.5. The molecule has 0 amide bonds. The Morgan fingerprint density at radius 2 is 1.84 bits per heavy atom. The summed E-state index contributed by atoms with van der Waals surface area (Å²) >= 11 is 6.18. The second-order valence-corrected chi connectivity index (χ2v) is 4.65. The summed E-state index contributed by atoms with van der Waals surface area (Å²) in [5.41, 5.74) is 8.79. The first kappa shape index (κ1) is 13.7. The minimum Gasteiger partial charge on any atom is -1.00 e. The van der Waals surface area contributed by atoms with Crippen LogP contribution in [0.1, 0.15) is 5.56 Å². The highest BCUT2D eigenvalue weighted by molar-refractivity contribution is 6.33. The number of anilines is 1. The minimum atomic E-state index is 0. The van der Waals surface area contributed by atoms with Gasteiger partial charge in [-0.25, -0.2) is 0 Å². The number of nitrogens with one attached hydrogen (secondary N) is 1. The summed E-state index contributed by atoms with van der Waals surface area (Å²) in [6.45, 7) is 0.744. The van der Waals surface area contributed by atoms with Crippen molar-refractivity contribution in [3.05, 3.63) is 59.2 Å². The van der Waals surface area contributed by atoms with Gasteiger partial charge in [0.15, 0.2) is 11.7 Å². The van der Waals surface area contributed by atoms with Gasteiger partial charge in [0.25, 0.3) is 0 Å². The summed E-state index contributed by atoms with van der Waals surface area (Å²) in [6.07, 6.45) is 0. The summed E-state index contributed by atoms with van der Waals surface area (Å²) in [5.74, 6) is 0. The van der Waals surface area contributed by atoms with Gasteiger partial charge in [0.2, 0.25) is 5.52 Å². The molecule has 0 fully saturated rings. The third kappa shape index (κ3) is 2.67. The molecule has 3 N–H and O–H groups in total. The van der Waals surface area contributed by atoms with Crippen LogP contribution in [-0.4, -0.2) is 5.10 Å². The molecule has 2 aromatic carbocycles.